The minimum atomic E-state index is -4.52. The number of esters is 3. The molecule has 0 aromatic heterocycles. The van der Waals surface area contributed by atoms with Crippen LogP contribution in [0.25, 0.3) is 11.1 Å². The quantitative estimate of drug-likeness (QED) is 0.110. The Bertz CT molecular complexity index is 1950. The predicted molar refractivity (Wildman–Crippen MR) is 190 cm³/mol. The van der Waals surface area contributed by atoms with Gasteiger partial charge in [-0.05, 0) is 66.4 Å². The summed E-state index contributed by atoms with van der Waals surface area (Å²) in [6, 6.07) is 23.5. The monoisotopic (exact) mass is 732 g/mol. The number of nitrogens with one attached hydrogen (secondary N) is 1. The molecule has 1 N–H and O–H groups in total. The second-order valence-electron chi connectivity index (χ2n) is 12.1. The summed E-state index contributed by atoms with van der Waals surface area (Å²) in [6.45, 7) is 2.78. The third kappa shape index (κ3) is 9.88. The van der Waals surface area contributed by atoms with Crippen molar-refractivity contribution in [2.75, 3.05) is 39.2 Å². The first kappa shape index (κ1) is 39.8. The van der Waals surface area contributed by atoms with Crippen LogP contribution in [0.15, 0.2) is 97.1 Å². The molecule has 0 aliphatic heterocycles. The largest absolute Gasteiger partial charge is 0.466 e. The van der Waals surface area contributed by atoms with Crippen LogP contribution in [0, 0.1) is 0 Å². The summed E-state index contributed by atoms with van der Waals surface area (Å²) in [5.41, 5.74) is -0.732. The van der Waals surface area contributed by atoms with Crippen molar-refractivity contribution in [2.24, 2.45) is 0 Å². The number of alkyl halides is 3. The van der Waals surface area contributed by atoms with Gasteiger partial charge >= 0.3 is 24.1 Å². The second kappa shape index (κ2) is 17.5. The van der Waals surface area contributed by atoms with Gasteiger partial charge in [0.15, 0.2) is 0 Å². The third-order valence-corrected chi connectivity index (χ3v) is 8.24. The average Bonchev–Trinajstić information content (AvgIpc) is 3.13. The Labute approximate surface area is 304 Å². The normalized spacial score (nSPS) is 12.2. The lowest BCUT2D eigenvalue weighted by atomic mass is 9.78. The summed E-state index contributed by atoms with van der Waals surface area (Å²) in [5, 5.41) is 2.73. The topological polar surface area (TPSA) is 128 Å². The van der Waals surface area contributed by atoms with Crippen LogP contribution < -0.4 is 5.32 Å². The molecule has 1 unspecified atom stereocenters. The first-order chi connectivity index (χ1) is 25.2. The molecule has 0 saturated heterocycles. The van der Waals surface area contributed by atoms with Crippen LogP contribution in [0.2, 0.25) is 0 Å². The van der Waals surface area contributed by atoms with Crippen LogP contribution >= 0.6 is 0 Å². The van der Waals surface area contributed by atoms with Crippen molar-refractivity contribution in [1.29, 1.82) is 0 Å². The first-order valence-electron chi connectivity index (χ1n) is 16.7. The van der Waals surface area contributed by atoms with Gasteiger partial charge in [0.05, 0.1) is 42.9 Å². The van der Waals surface area contributed by atoms with E-state index in [2.05, 4.69) is 5.32 Å². The maximum Gasteiger partial charge on any atom is 0.416 e. The molecule has 0 heterocycles. The first-order valence-corrected chi connectivity index (χ1v) is 16.7. The van der Waals surface area contributed by atoms with Crippen molar-refractivity contribution in [2.45, 2.75) is 38.3 Å². The van der Waals surface area contributed by atoms with Crippen molar-refractivity contribution >= 4 is 35.4 Å². The molecule has 0 saturated carbocycles. The zero-order valence-corrected chi connectivity index (χ0v) is 29.6. The molecule has 278 valence electrons. The van der Waals surface area contributed by atoms with Crippen molar-refractivity contribution < 1.29 is 51.4 Å². The predicted octanol–water partition coefficient (Wildman–Crippen LogP) is 6.87. The lowest BCUT2D eigenvalue weighted by molar-refractivity contribution is -0.163. The van der Waals surface area contributed by atoms with Crippen molar-refractivity contribution in [1.82, 2.24) is 4.90 Å². The fourth-order valence-electron chi connectivity index (χ4n) is 5.58. The van der Waals surface area contributed by atoms with E-state index in [0.29, 0.717) is 22.3 Å². The minimum absolute atomic E-state index is 0.0103. The maximum absolute atomic E-state index is 13.6. The van der Waals surface area contributed by atoms with Crippen LogP contribution in [0.3, 0.4) is 0 Å². The van der Waals surface area contributed by atoms with Gasteiger partial charge in [-0.1, -0.05) is 66.7 Å². The summed E-state index contributed by atoms with van der Waals surface area (Å²) in [7, 11) is 3.02. The number of carbonyl (C=O) groups excluding carboxylic acids is 5. The van der Waals surface area contributed by atoms with Crippen LogP contribution in [-0.4, -0.2) is 68.5 Å². The number of benzene rings is 4. The molecule has 0 fully saturated rings. The number of hydrogen-bond acceptors (Lipinski definition) is 8. The number of rotatable bonds is 14. The molecule has 0 bridgehead atoms. The number of amides is 2. The van der Waals surface area contributed by atoms with Gasteiger partial charge in [-0.2, -0.15) is 13.2 Å². The number of anilines is 1. The summed E-state index contributed by atoms with van der Waals surface area (Å²) in [5.74, 6) is -3.36. The molecule has 1 atom stereocenters. The molecule has 4 rings (SSSR count). The number of nitrogens with zero attached hydrogens (tertiary/aromatic N) is 1. The third-order valence-electron chi connectivity index (χ3n) is 8.24. The Morgan fingerprint density at radius 3 is 1.96 bits per heavy atom. The number of hydrogen-bond donors (Lipinski definition) is 1. The Balaban J connectivity index is 1.59. The van der Waals surface area contributed by atoms with Crippen molar-refractivity contribution in [3.8, 4) is 11.1 Å². The van der Waals surface area contributed by atoms with Crippen molar-refractivity contribution in [3.63, 3.8) is 0 Å². The Morgan fingerprint density at radius 2 is 1.34 bits per heavy atom. The SMILES string of the molecule is CCOC(=O)CC(COC(=O)Cc1ccc(NC(=O)c2ccccc2-c2ccc(C(F)(F)F)cc2)c(C(=O)N(C)C)c1)(C(=O)OCC)c1ccccc1. The van der Waals surface area contributed by atoms with Gasteiger partial charge in [-0.15, -0.1) is 0 Å². The fraction of sp³-hybridized carbons (Fsp3) is 0.275. The van der Waals surface area contributed by atoms with Gasteiger partial charge in [-0.3, -0.25) is 24.0 Å². The minimum Gasteiger partial charge on any atom is -0.466 e. The highest BCUT2D eigenvalue weighted by Gasteiger charge is 2.46. The number of halogens is 3. The van der Waals surface area contributed by atoms with E-state index >= 15 is 0 Å². The summed E-state index contributed by atoms with van der Waals surface area (Å²) in [6.07, 6.45) is -5.31. The fourth-order valence-corrected chi connectivity index (χ4v) is 5.58. The lowest BCUT2D eigenvalue weighted by Crippen LogP contribution is -2.45. The van der Waals surface area contributed by atoms with Crippen LogP contribution in [0.5, 0.6) is 0 Å². The molecule has 4 aromatic rings. The average molecular weight is 733 g/mol. The molecule has 0 spiro atoms. The molecule has 13 heteroatoms. The Morgan fingerprint density at radius 1 is 0.698 bits per heavy atom. The van der Waals surface area contributed by atoms with Gasteiger partial charge in [0, 0.05) is 19.7 Å². The smallest absolute Gasteiger partial charge is 0.416 e. The van der Waals surface area contributed by atoms with Crippen LogP contribution in [-0.2, 0) is 46.6 Å². The molecule has 0 radical (unpaired) electrons. The van der Waals surface area contributed by atoms with E-state index in [4.69, 9.17) is 14.2 Å². The van der Waals surface area contributed by atoms with E-state index in [1.165, 1.54) is 55.4 Å². The van der Waals surface area contributed by atoms with E-state index in [1.54, 1.807) is 62.4 Å². The highest BCUT2D eigenvalue weighted by Crippen LogP contribution is 2.34. The molecule has 4 aromatic carbocycles. The van der Waals surface area contributed by atoms with E-state index in [-0.39, 0.29) is 36.4 Å². The Hall–Kier alpha value is -5.98. The van der Waals surface area contributed by atoms with Gasteiger partial charge < -0.3 is 24.4 Å². The van der Waals surface area contributed by atoms with Gasteiger partial charge in [0.1, 0.15) is 12.0 Å². The van der Waals surface area contributed by atoms with E-state index in [9.17, 15) is 37.1 Å². The van der Waals surface area contributed by atoms with Gasteiger partial charge in [-0.25, -0.2) is 0 Å². The van der Waals surface area contributed by atoms with E-state index in [1.807, 2.05) is 0 Å². The molecule has 53 heavy (non-hydrogen) atoms. The highest BCUT2D eigenvalue weighted by molar-refractivity contribution is 6.12. The number of carbonyl (C=O) groups is 5. The van der Waals surface area contributed by atoms with Crippen LogP contribution in [0.1, 0.15) is 57.7 Å². The molecule has 0 aliphatic rings. The maximum atomic E-state index is 13.6. The molecule has 10 nitrogen and oxygen atoms in total. The zero-order chi connectivity index (χ0) is 38.8. The van der Waals surface area contributed by atoms with Gasteiger partial charge in [0.25, 0.3) is 11.8 Å². The summed E-state index contributed by atoms with van der Waals surface area (Å²) >= 11 is 0. The van der Waals surface area contributed by atoms with Crippen LogP contribution in [0.4, 0.5) is 18.9 Å². The highest BCUT2D eigenvalue weighted by atomic mass is 19.4. The summed E-state index contributed by atoms with van der Waals surface area (Å²) < 4.78 is 55.5. The lowest BCUT2D eigenvalue weighted by Gasteiger charge is -2.30. The van der Waals surface area contributed by atoms with E-state index < -0.39 is 59.9 Å². The molecule has 0 aliphatic carbocycles. The van der Waals surface area contributed by atoms with E-state index in [0.717, 1.165) is 12.1 Å². The van der Waals surface area contributed by atoms with Gasteiger partial charge in [0.2, 0.25) is 0 Å². The molecular weight excluding hydrogens is 693 g/mol. The standard InChI is InChI=1S/C40H39F3N2O8/c1-5-51-35(47)24-39(38(50)52-6-2,28-12-8-7-9-13-28)25-53-34(46)23-26-16-21-33(32(22-26)37(49)45(3)4)44-36(48)31-15-11-10-14-30(31)27-17-19-29(20-18-27)40(41,42)43/h7-22H,5-6,23-25H2,1-4H3,(H,44,48). The summed E-state index contributed by atoms with van der Waals surface area (Å²) in [4.78, 5) is 67.5. The van der Waals surface area contributed by atoms with Crippen molar-refractivity contribution in [3.05, 3.63) is 125 Å². The molecule has 2 amide bonds. The zero-order valence-electron chi connectivity index (χ0n) is 29.6. The molecular formula is C40H39F3N2O8. The number of ether oxygens (including phenoxy) is 3. The second-order valence-corrected chi connectivity index (χ2v) is 12.1. The Kier molecular flexibility index (Phi) is 13.1.